The van der Waals surface area contributed by atoms with Crippen LogP contribution in [0.25, 0.3) is 11.3 Å². The Morgan fingerprint density at radius 2 is 1.57 bits per heavy atom. The molecule has 0 aliphatic carbocycles. The molecule has 142 valence electrons. The van der Waals surface area contributed by atoms with E-state index < -0.39 is 0 Å². The van der Waals surface area contributed by atoms with Crippen LogP contribution in [0.2, 0.25) is 0 Å². The number of anilines is 1. The average Bonchev–Trinajstić information content (AvgIpc) is 2.76. The van der Waals surface area contributed by atoms with Crippen molar-refractivity contribution < 1.29 is 4.79 Å². The Balaban J connectivity index is 1.33. The van der Waals surface area contributed by atoms with Crippen molar-refractivity contribution >= 4 is 27.7 Å². The van der Waals surface area contributed by atoms with Gasteiger partial charge >= 0.3 is 0 Å². The van der Waals surface area contributed by atoms with E-state index >= 15 is 0 Å². The maximum absolute atomic E-state index is 12.6. The number of benzene rings is 2. The lowest BCUT2D eigenvalue weighted by molar-refractivity contribution is -0.130. The molecular formula is C22H21BrN4O. The van der Waals surface area contributed by atoms with Crippen LogP contribution in [-0.4, -0.2) is 47.2 Å². The van der Waals surface area contributed by atoms with Crippen LogP contribution in [0, 0.1) is 0 Å². The van der Waals surface area contributed by atoms with Crippen LogP contribution in [0.3, 0.4) is 0 Å². The fraction of sp³-hybridized carbons (Fsp3) is 0.227. The van der Waals surface area contributed by atoms with E-state index in [1.54, 1.807) is 0 Å². The highest BCUT2D eigenvalue weighted by Crippen LogP contribution is 2.19. The van der Waals surface area contributed by atoms with Crippen molar-refractivity contribution in [3.05, 3.63) is 76.8 Å². The van der Waals surface area contributed by atoms with Crippen molar-refractivity contribution in [2.24, 2.45) is 0 Å². The van der Waals surface area contributed by atoms with Crippen LogP contribution in [-0.2, 0) is 11.2 Å². The summed E-state index contributed by atoms with van der Waals surface area (Å²) in [7, 11) is 0. The van der Waals surface area contributed by atoms with Gasteiger partial charge in [-0.1, -0.05) is 58.4 Å². The van der Waals surface area contributed by atoms with Crippen molar-refractivity contribution in [1.82, 2.24) is 15.1 Å². The molecule has 0 radical (unpaired) electrons. The summed E-state index contributed by atoms with van der Waals surface area (Å²) >= 11 is 3.42. The molecule has 6 heteroatoms. The highest BCUT2D eigenvalue weighted by Gasteiger charge is 2.22. The number of carbonyl (C=O) groups excluding carboxylic acids is 1. The SMILES string of the molecule is O=C(Cc1ccc(Br)cc1)N1CCN(c2ccc(-c3ccccc3)nn2)CC1. The molecule has 1 amide bonds. The molecule has 1 aromatic heterocycles. The van der Waals surface area contributed by atoms with E-state index in [1.807, 2.05) is 71.6 Å². The van der Waals surface area contributed by atoms with Crippen molar-refractivity contribution in [2.75, 3.05) is 31.1 Å². The van der Waals surface area contributed by atoms with Crippen molar-refractivity contribution in [2.45, 2.75) is 6.42 Å². The number of halogens is 1. The van der Waals surface area contributed by atoms with Crippen LogP contribution < -0.4 is 4.90 Å². The number of aromatic nitrogens is 2. The van der Waals surface area contributed by atoms with E-state index in [2.05, 4.69) is 31.0 Å². The zero-order valence-corrected chi connectivity index (χ0v) is 17.0. The van der Waals surface area contributed by atoms with Gasteiger partial charge in [0.1, 0.15) is 0 Å². The van der Waals surface area contributed by atoms with Gasteiger partial charge in [0.05, 0.1) is 12.1 Å². The highest BCUT2D eigenvalue weighted by molar-refractivity contribution is 9.10. The van der Waals surface area contributed by atoms with Gasteiger partial charge in [0.2, 0.25) is 5.91 Å². The monoisotopic (exact) mass is 436 g/mol. The number of hydrogen-bond donors (Lipinski definition) is 0. The van der Waals surface area contributed by atoms with Gasteiger partial charge in [-0.15, -0.1) is 10.2 Å². The second kappa shape index (κ2) is 8.52. The molecule has 0 N–H and O–H groups in total. The third kappa shape index (κ3) is 4.39. The second-order valence-electron chi connectivity index (χ2n) is 6.81. The summed E-state index contributed by atoms with van der Waals surface area (Å²) in [6, 6.07) is 22.0. The molecule has 1 fully saturated rings. The molecule has 0 bridgehead atoms. The van der Waals surface area contributed by atoms with Gasteiger partial charge in [-0.05, 0) is 29.8 Å². The van der Waals surface area contributed by atoms with Crippen LogP contribution in [0.5, 0.6) is 0 Å². The Bertz CT molecular complexity index is 921. The third-order valence-corrected chi connectivity index (χ3v) is 5.47. The first-order chi connectivity index (χ1) is 13.7. The zero-order chi connectivity index (χ0) is 19.3. The molecule has 1 aliphatic heterocycles. The molecular weight excluding hydrogens is 416 g/mol. The Hall–Kier alpha value is -2.73. The molecule has 0 unspecified atom stereocenters. The molecule has 0 atom stereocenters. The van der Waals surface area contributed by atoms with Gasteiger partial charge in [-0.25, -0.2) is 0 Å². The van der Waals surface area contributed by atoms with Crippen LogP contribution >= 0.6 is 15.9 Å². The quantitative estimate of drug-likeness (QED) is 0.623. The summed E-state index contributed by atoms with van der Waals surface area (Å²) in [5, 5.41) is 8.76. The van der Waals surface area contributed by atoms with Gasteiger partial charge in [-0.3, -0.25) is 4.79 Å². The summed E-state index contributed by atoms with van der Waals surface area (Å²) in [4.78, 5) is 16.7. The Kier molecular flexibility index (Phi) is 5.67. The van der Waals surface area contributed by atoms with Crippen LogP contribution in [0.15, 0.2) is 71.2 Å². The molecule has 4 rings (SSSR count). The summed E-state index contributed by atoms with van der Waals surface area (Å²) in [6.45, 7) is 2.95. The lowest BCUT2D eigenvalue weighted by Crippen LogP contribution is -2.49. The molecule has 0 saturated carbocycles. The van der Waals surface area contributed by atoms with Crippen molar-refractivity contribution in [3.8, 4) is 11.3 Å². The lowest BCUT2D eigenvalue weighted by atomic mass is 10.1. The van der Waals surface area contributed by atoms with Gasteiger partial charge < -0.3 is 9.80 Å². The summed E-state index contributed by atoms with van der Waals surface area (Å²) < 4.78 is 1.02. The van der Waals surface area contributed by atoms with E-state index in [1.165, 1.54) is 0 Å². The van der Waals surface area contributed by atoms with Crippen molar-refractivity contribution in [1.29, 1.82) is 0 Å². The Labute approximate surface area is 173 Å². The van der Waals surface area contributed by atoms with E-state index in [4.69, 9.17) is 0 Å². The van der Waals surface area contributed by atoms with E-state index in [0.29, 0.717) is 19.5 Å². The normalized spacial score (nSPS) is 14.2. The number of carbonyl (C=O) groups is 1. The lowest BCUT2D eigenvalue weighted by Gasteiger charge is -2.35. The zero-order valence-electron chi connectivity index (χ0n) is 15.5. The molecule has 2 heterocycles. The molecule has 1 aliphatic rings. The van der Waals surface area contributed by atoms with E-state index in [-0.39, 0.29) is 5.91 Å². The number of hydrogen-bond acceptors (Lipinski definition) is 4. The minimum absolute atomic E-state index is 0.174. The molecule has 1 saturated heterocycles. The van der Waals surface area contributed by atoms with E-state index in [9.17, 15) is 4.79 Å². The van der Waals surface area contributed by atoms with Gasteiger partial charge in [0.25, 0.3) is 0 Å². The summed E-state index contributed by atoms with van der Waals surface area (Å²) in [5.41, 5.74) is 2.97. The fourth-order valence-electron chi connectivity index (χ4n) is 3.33. The molecule has 2 aromatic carbocycles. The molecule has 28 heavy (non-hydrogen) atoms. The average molecular weight is 437 g/mol. The topological polar surface area (TPSA) is 49.3 Å². The summed E-state index contributed by atoms with van der Waals surface area (Å²) in [6.07, 6.45) is 0.443. The maximum atomic E-state index is 12.6. The second-order valence-corrected chi connectivity index (χ2v) is 7.73. The van der Waals surface area contributed by atoms with Gasteiger partial charge in [0.15, 0.2) is 5.82 Å². The Morgan fingerprint density at radius 3 is 2.21 bits per heavy atom. The molecule has 0 spiro atoms. The maximum Gasteiger partial charge on any atom is 0.227 e. The number of nitrogens with zero attached hydrogens (tertiary/aromatic N) is 4. The largest absolute Gasteiger partial charge is 0.352 e. The third-order valence-electron chi connectivity index (χ3n) is 4.94. The van der Waals surface area contributed by atoms with Crippen LogP contribution in [0.4, 0.5) is 5.82 Å². The fourth-order valence-corrected chi connectivity index (χ4v) is 3.59. The standard InChI is InChI=1S/C22H21BrN4O/c23-19-8-6-17(7-9-19)16-22(28)27-14-12-26(13-15-27)21-11-10-20(24-25-21)18-4-2-1-3-5-18/h1-11H,12-16H2. The predicted molar refractivity (Wildman–Crippen MR) is 114 cm³/mol. The minimum atomic E-state index is 0.174. The minimum Gasteiger partial charge on any atom is -0.352 e. The first kappa shape index (κ1) is 18.6. The first-order valence-corrected chi connectivity index (χ1v) is 10.1. The number of amides is 1. The first-order valence-electron chi connectivity index (χ1n) is 9.35. The van der Waals surface area contributed by atoms with Crippen molar-refractivity contribution in [3.63, 3.8) is 0 Å². The smallest absolute Gasteiger partial charge is 0.227 e. The molecule has 5 nitrogen and oxygen atoms in total. The van der Waals surface area contributed by atoms with Gasteiger partial charge in [0, 0.05) is 36.2 Å². The van der Waals surface area contributed by atoms with E-state index in [0.717, 1.165) is 40.2 Å². The predicted octanol–water partition coefficient (Wildman–Crippen LogP) is 3.80. The number of piperazine rings is 1. The molecule has 3 aromatic rings. The Morgan fingerprint density at radius 1 is 0.857 bits per heavy atom. The van der Waals surface area contributed by atoms with Gasteiger partial charge in [-0.2, -0.15) is 0 Å². The van der Waals surface area contributed by atoms with Crippen LogP contribution in [0.1, 0.15) is 5.56 Å². The summed E-state index contributed by atoms with van der Waals surface area (Å²) in [5.74, 6) is 1.03. The highest BCUT2D eigenvalue weighted by atomic mass is 79.9. The number of rotatable bonds is 4.